The third kappa shape index (κ3) is 3.75. The highest BCUT2D eigenvalue weighted by Crippen LogP contribution is 2.47. The fourth-order valence-corrected chi connectivity index (χ4v) is 5.66. The maximum atomic E-state index is 12.7. The summed E-state index contributed by atoms with van der Waals surface area (Å²) in [7, 11) is -3.78. The topological polar surface area (TPSA) is 93.7 Å². The lowest BCUT2D eigenvalue weighted by molar-refractivity contribution is -0.0716. The summed E-state index contributed by atoms with van der Waals surface area (Å²) in [5.41, 5.74) is 0.730. The number of fused-ring (bicyclic) bond motifs is 1. The van der Waals surface area contributed by atoms with Gasteiger partial charge in [-0.05, 0) is 56.0 Å². The van der Waals surface area contributed by atoms with Crippen LogP contribution in [0.4, 0.5) is 5.69 Å². The van der Waals surface area contributed by atoms with Gasteiger partial charge in [-0.25, -0.2) is 13.1 Å². The summed E-state index contributed by atoms with van der Waals surface area (Å²) < 4.78 is 39.6. The Kier molecular flexibility index (Phi) is 4.68. The summed E-state index contributed by atoms with van der Waals surface area (Å²) in [5, 5.41) is 2.86. The molecule has 0 saturated heterocycles. The van der Waals surface area contributed by atoms with Crippen LogP contribution in [0.25, 0.3) is 0 Å². The van der Waals surface area contributed by atoms with Gasteiger partial charge >= 0.3 is 0 Å². The predicted molar refractivity (Wildman–Crippen MR) is 112 cm³/mol. The van der Waals surface area contributed by atoms with E-state index in [1.807, 2.05) is 0 Å². The minimum Gasteiger partial charge on any atom is -0.448 e. The highest BCUT2D eigenvalue weighted by Gasteiger charge is 2.44. The van der Waals surface area contributed by atoms with Gasteiger partial charge in [-0.1, -0.05) is 11.6 Å². The van der Waals surface area contributed by atoms with Crippen LogP contribution in [0.15, 0.2) is 41.3 Å². The van der Waals surface area contributed by atoms with Gasteiger partial charge in [0.05, 0.1) is 5.02 Å². The number of rotatable bonds is 5. The van der Waals surface area contributed by atoms with Gasteiger partial charge in [0.2, 0.25) is 10.0 Å². The molecule has 2 aliphatic carbocycles. The first-order chi connectivity index (χ1) is 14.3. The van der Waals surface area contributed by atoms with Gasteiger partial charge in [0, 0.05) is 36.2 Å². The fourth-order valence-electron chi connectivity index (χ4n) is 3.83. The van der Waals surface area contributed by atoms with Crippen molar-refractivity contribution in [1.29, 1.82) is 0 Å². The summed E-state index contributed by atoms with van der Waals surface area (Å²) in [4.78, 5) is 12.6. The van der Waals surface area contributed by atoms with E-state index >= 15 is 0 Å². The number of sulfonamides is 1. The summed E-state index contributed by atoms with van der Waals surface area (Å²) in [6.45, 7) is 0. The zero-order valence-electron chi connectivity index (χ0n) is 16.1. The van der Waals surface area contributed by atoms with Crippen LogP contribution in [-0.4, -0.2) is 26.2 Å². The Labute approximate surface area is 179 Å². The fraction of sp³-hybridized carbons (Fsp3) is 0.381. The molecule has 0 bridgehead atoms. The van der Waals surface area contributed by atoms with Crippen molar-refractivity contribution >= 4 is 33.2 Å². The average Bonchev–Trinajstić information content (AvgIpc) is 3.26. The van der Waals surface area contributed by atoms with Crippen LogP contribution in [0.5, 0.6) is 11.5 Å². The molecule has 0 unspecified atom stereocenters. The Morgan fingerprint density at radius 1 is 1.03 bits per heavy atom. The first kappa shape index (κ1) is 19.7. The van der Waals surface area contributed by atoms with Crippen molar-refractivity contribution < 1.29 is 22.7 Å². The largest absolute Gasteiger partial charge is 0.448 e. The van der Waals surface area contributed by atoms with Gasteiger partial charge in [-0.15, -0.1) is 0 Å². The minimum absolute atomic E-state index is 0.0552. The van der Waals surface area contributed by atoms with Gasteiger partial charge in [-0.2, -0.15) is 0 Å². The number of hydrogen-bond acceptors (Lipinski definition) is 5. The molecule has 2 saturated carbocycles. The van der Waals surface area contributed by atoms with Crippen molar-refractivity contribution in [2.45, 2.75) is 55.2 Å². The summed E-state index contributed by atoms with van der Waals surface area (Å²) in [6, 6.07) is 9.38. The second-order valence-electron chi connectivity index (χ2n) is 7.98. The number of nitrogens with one attached hydrogen (secondary N) is 2. The Balaban J connectivity index is 1.35. The molecular weight excluding hydrogens is 428 g/mol. The van der Waals surface area contributed by atoms with Gasteiger partial charge in [-0.3, -0.25) is 4.79 Å². The highest BCUT2D eigenvalue weighted by atomic mass is 35.5. The molecule has 1 aliphatic heterocycles. The number of anilines is 1. The van der Waals surface area contributed by atoms with Crippen LogP contribution < -0.4 is 19.5 Å². The summed E-state index contributed by atoms with van der Waals surface area (Å²) in [5.74, 6) is 0.256. The molecule has 2 fully saturated rings. The van der Waals surface area contributed by atoms with Crippen LogP contribution in [0.3, 0.4) is 0 Å². The molecular formula is C21H21ClN2O5S. The van der Waals surface area contributed by atoms with E-state index in [1.165, 1.54) is 18.2 Å². The van der Waals surface area contributed by atoms with Crippen molar-refractivity contribution in [3.05, 3.63) is 47.0 Å². The molecule has 1 amide bonds. The number of carbonyl (C=O) groups is 1. The van der Waals surface area contributed by atoms with Crippen molar-refractivity contribution in [2.75, 3.05) is 5.32 Å². The van der Waals surface area contributed by atoms with Crippen LogP contribution in [0.2, 0.25) is 5.02 Å². The number of halogens is 1. The van der Waals surface area contributed by atoms with Crippen LogP contribution in [0.1, 0.15) is 48.9 Å². The second-order valence-corrected chi connectivity index (χ2v) is 10.1. The zero-order valence-corrected chi connectivity index (χ0v) is 17.7. The van der Waals surface area contributed by atoms with Crippen LogP contribution in [-0.2, 0) is 10.0 Å². The minimum atomic E-state index is -3.78. The third-order valence-corrected chi connectivity index (χ3v) is 7.54. The van der Waals surface area contributed by atoms with E-state index in [1.54, 1.807) is 18.2 Å². The molecule has 9 heteroatoms. The number of ether oxygens (including phenoxy) is 2. The number of carbonyl (C=O) groups excluding carboxylic acids is 1. The second kappa shape index (κ2) is 7.14. The lowest BCUT2D eigenvalue weighted by Gasteiger charge is -2.21. The maximum absolute atomic E-state index is 12.7. The third-order valence-electron chi connectivity index (χ3n) is 5.54. The zero-order chi connectivity index (χ0) is 20.9. The molecule has 30 heavy (non-hydrogen) atoms. The number of amides is 1. The van der Waals surface area contributed by atoms with Crippen molar-refractivity contribution in [2.24, 2.45) is 0 Å². The SMILES string of the molecule is O=C(Nc1ccc2c(c1)OC1(CCCC1)O2)c1ccc(Cl)c(S(=O)(=O)NC2CC2)c1. The first-order valence-corrected chi connectivity index (χ1v) is 11.9. The highest BCUT2D eigenvalue weighted by molar-refractivity contribution is 7.89. The van der Waals surface area contributed by atoms with E-state index in [2.05, 4.69) is 10.0 Å². The van der Waals surface area contributed by atoms with E-state index < -0.39 is 21.7 Å². The summed E-state index contributed by atoms with van der Waals surface area (Å²) in [6.07, 6.45) is 5.44. The van der Waals surface area contributed by atoms with Gasteiger partial charge < -0.3 is 14.8 Å². The smallest absolute Gasteiger partial charge is 0.255 e. The van der Waals surface area contributed by atoms with E-state index in [0.29, 0.717) is 17.2 Å². The van der Waals surface area contributed by atoms with Gasteiger partial charge in [0.1, 0.15) is 4.90 Å². The summed E-state index contributed by atoms with van der Waals surface area (Å²) >= 11 is 6.09. The van der Waals surface area contributed by atoms with E-state index in [-0.39, 0.29) is 21.5 Å². The Morgan fingerprint density at radius 3 is 2.50 bits per heavy atom. The molecule has 1 spiro atoms. The van der Waals surface area contributed by atoms with Gasteiger partial charge in [0.15, 0.2) is 11.5 Å². The van der Waals surface area contributed by atoms with Gasteiger partial charge in [0.25, 0.3) is 11.7 Å². The molecule has 0 radical (unpaired) electrons. The molecule has 3 aliphatic rings. The standard InChI is InChI=1S/C21H21ClN2O5S/c22-16-7-3-13(11-19(16)30(26,27)24-14-4-5-14)20(25)23-15-6-8-17-18(12-15)29-21(28-17)9-1-2-10-21/h3,6-8,11-12,14,24H,1-2,4-5,9-10H2,(H,23,25). The quantitative estimate of drug-likeness (QED) is 0.719. The van der Waals surface area contributed by atoms with Crippen molar-refractivity contribution in [3.8, 4) is 11.5 Å². The Hall–Kier alpha value is -2.29. The molecule has 2 aromatic carbocycles. The first-order valence-electron chi connectivity index (χ1n) is 9.99. The van der Waals surface area contributed by atoms with Crippen LogP contribution in [0, 0.1) is 0 Å². The molecule has 2 N–H and O–H groups in total. The molecule has 158 valence electrons. The molecule has 1 heterocycles. The number of benzene rings is 2. The Morgan fingerprint density at radius 2 is 1.77 bits per heavy atom. The van der Waals surface area contributed by atoms with Crippen LogP contribution >= 0.6 is 11.6 Å². The predicted octanol–water partition coefficient (Wildman–Crippen LogP) is 4.07. The van der Waals surface area contributed by atoms with E-state index in [0.717, 1.165) is 38.5 Å². The maximum Gasteiger partial charge on any atom is 0.255 e. The van der Waals surface area contributed by atoms with Crippen molar-refractivity contribution in [1.82, 2.24) is 4.72 Å². The molecule has 7 nitrogen and oxygen atoms in total. The lowest BCUT2D eigenvalue weighted by Crippen LogP contribution is -2.34. The molecule has 5 rings (SSSR count). The molecule has 2 aromatic rings. The molecule has 0 aromatic heterocycles. The lowest BCUT2D eigenvalue weighted by atomic mass is 10.2. The molecule has 0 atom stereocenters. The van der Waals surface area contributed by atoms with Crippen molar-refractivity contribution in [3.63, 3.8) is 0 Å². The van der Waals surface area contributed by atoms with E-state index in [9.17, 15) is 13.2 Å². The Bertz CT molecular complexity index is 1120. The van der Waals surface area contributed by atoms with E-state index in [4.69, 9.17) is 21.1 Å². The monoisotopic (exact) mass is 448 g/mol. The normalized spacial score (nSPS) is 19.2. The number of hydrogen-bond donors (Lipinski definition) is 2. The average molecular weight is 449 g/mol.